The highest BCUT2D eigenvalue weighted by molar-refractivity contribution is 5.64. The van der Waals surface area contributed by atoms with E-state index in [2.05, 4.69) is 26.1 Å². The summed E-state index contributed by atoms with van der Waals surface area (Å²) in [5.41, 5.74) is 2.13. The summed E-state index contributed by atoms with van der Waals surface area (Å²) in [7, 11) is 3.38. The van der Waals surface area contributed by atoms with Crippen LogP contribution in [0, 0.1) is 0 Å². The van der Waals surface area contributed by atoms with E-state index in [9.17, 15) is 4.79 Å². The Morgan fingerprint density at radius 3 is 2.41 bits per heavy atom. The van der Waals surface area contributed by atoms with Gasteiger partial charge in [0.05, 0.1) is 13.2 Å². The summed E-state index contributed by atoms with van der Waals surface area (Å²) in [4.78, 5) is 11.0. The number of aldehydes is 1. The van der Waals surface area contributed by atoms with Crippen LogP contribution in [0.5, 0.6) is 5.75 Å². The SMILES string of the molecule is CNC(C=O)c1cc(C(C)(C)C)ccc1OC. The molecule has 1 atom stereocenters. The Hall–Kier alpha value is -1.35. The Morgan fingerprint density at radius 2 is 2.00 bits per heavy atom. The molecule has 1 unspecified atom stereocenters. The van der Waals surface area contributed by atoms with Gasteiger partial charge in [-0.05, 0) is 30.2 Å². The van der Waals surface area contributed by atoms with Gasteiger partial charge in [-0.1, -0.05) is 26.8 Å². The molecule has 0 fully saturated rings. The predicted octanol–water partition coefficient (Wildman–Crippen LogP) is 2.45. The average molecular weight is 235 g/mol. The second-order valence-corrected chi connectivity index (χ2v) is 5.11. The van der Waals surface area contributed by atoms with E-state index in [0.29, 0.717) is 0 Å². The van der Waals surface area contributed by atoms with Crippen molar-refractivity contribution >= 4 is 6.29 Å². The average Bonchev–Trinajstić information content (AvgIpc) is 2.29. The van der Waals surface area contributed by atoms with Crippen LogP contribution in [-0.4, -0.2) is 20.4 Å². The van der Waals surface area contributed by atoms with Gasteiger partial charge in [0.2, 0.25) is 0 Å². The minimum Gasteiger partial charge on any atom is -0.496 e. The highest BCUT2D eigenvalue weighted by Crippen LogP contribution is 2.30. The Labute approximate surface area is 103 Å². The quantitative estimate of drug-likeness (QED) is 0.815. The minimum atomic E-state index is -0.327. The van der Waals surface area contributed by atoms with E-state index in [0.717, 1.165) is 17.6 Å². The number of benzene rings is 1. The molecule has 0 aliphatic heterocycles. The Morgan fingerprint density at radius 1 is 1.35 bits per heavy atom. The summed E-state index contributed by atoms with van der Waals surface area (Å²) in [6, 6.07) is 5.67. The first kappa shape index (κ1) is 13.7. The van der Waals surface area contributed by atoms with E-state index in [1.807, 2.05) is 18.2 Å². The maximum Gasteiger partial charge on any atom is 0.141 e. The fourth-order valence-corrected chi connectivity index (χ4v) is 1.74. The topological polar surface area (TPSA) is 38.3 Å². The van der Waals surface area contributed by atoms with Crippen molar-refractivity contribution in [3.8, 4) is 5.75 Å². The first-order valence-corrected chi connectivity index (χ1v) is 5.75. The van der Waals surface area contributed by atoms with Crippen LogP contribution in [0.1, 0.15) is 37.9 Å². The minimum absolute atomic E-state index is 0.0577. The Balaban J connectivity index is 3.28. The first-order valence-electron chi connectivity index (χ1n) is 5.75. The number of hydrogen-bond donors (Lipinski definition) is 1. The number of methoxy groups -OCH3 is 1. The van der Waals surface area contributed by atoms with Crippen molar-refractivity contribution in [1.29, 1.82) is 0 Å². The molecule has 0 bridgehead atoms. The van der Waals surface area contributed by atoms with Gasteiger partial charge in [-0.3, -0.25) is 0 Å². The molecule has 3 heteroatoms. The normalized spacial score (nSPS) is 13.2. The van der Waals surface area contributed by atoms with Gasteiger partial charge in [0.1, 0.15) is 12.0 Å². The third kappa shape index (κ3) is 3.07. The van der Waals surface area contributed by atoms with Gasteiger partial charge < -0.3 is 14.8 Å². The lowest BCUT2D eigenvalue weighted by Gasteiger charge is -2.22. The van der Waals surface area contributed by atoms with Crippen LogP contribution in [0.2, 0.25) is 0 Å². The molecule has 0 aliphatic rings. The highest BCUT2D eigenvalue weighted by atomic mass is 16.5. The third-order valence-corrected chi connectivity index (χ3v) is 2.88. The van der Waals surface area contributed by atoms with Gasteiger partial charge in [0.25, 0.3) is 0 Å². The van der Waals surface area contributed by atoms with Crippen LogP contribution in [0.4, 0.5) is 0 Å². The summed E-state index contributed by atoms with van der Waals surface area (Å²) < 4.78 is 5.30. The number of nitrogens with one attached hydrogen (secondary N) is 1. The van der Waals surface area contributed by atoms with Crippen molar-refractivity contribution in [2.24, 2.45) is 0 Å². The van der Waals surface area contributed by atoms with E-state index in [1.54, 1.807) is 14.2 Å². The standard InChI is InChI=1S/C14H21NO2/c1-14(2,3)10-6-7-13(17-5)11(8-10)12(9-16)15-4/h6-9,12,15H,1-5H3. The molecule has 0 saturated carbocycles. The Kier molecular flexibility index (Phi) is 4.29. The fourth-order valence-electron chi connectivity index (χ4n) is 1.74. The van der Waals surface area contributed by atoms with Crippen LogP contribution in [0.15, 0.2) is 18.2 Å². The molecule has 1 rings (SSSR count). The summed E-state index contributed by atoms with van der Waals surface area (Å²) in [6.07, 6.45) is 0.893. The molecular formula is C14H21NO2. The van der Waals surface area contributed by atoms with E-state index in [1.165, 1.54) is 5.56 Å². The number of likely N-dealkylation sites (N-methyl/N-ethyl adjacent to an activating group) is 1. The highest BCUT2D eigenvalue weighted by Gasteiger charge is 2.19. The predicted molar refractivity (Wildman–Crippen MR) is 69.6 cm³/mol. The lowest BCUT2D eigenvalue weighted by atomic mass is 9.85. The maximum absolute atomic E-state index is 11.0. The maximum atomic E-state index is 11.0. The number of carbonyl (C=O) groups is 1. The summed E-state index contributed by atoms with van der Waals surface area (Å²) >= 11 is 0. The largest absolute Gasteiger partial charge is 0.496 e. The molecule has 1 aromatic carbocycles. The summed E-state index contributed by atoms with van der Waals surface area (Å²) in [5.74, 6) is 0.740. The monoisotopic (exact) mass is 235 g/mol. The van der Waals surface area contributed by atoms with Crippen molar-refractivity contribution < 1.29 is 9.53 Å². The van der Waals surface area contributed by atoms with Crippen molar-refractivity contribution in [3.63, 3.8) is 0 Å². The molecule has 1 N–H and O–H groups in total. The van der Waals surface area contributed by atoms with Crippen LogP contribution in [0.25, 0.3) is 0 Å². The lowest BCUT2D eigenvalue weighted by molar-refractivity contribution is -0.109. The van der Waals surface area contributed by atoms with Crippen LogP contribution in [0.3, 0.4) is 0 Å². The van der Waals surface area contributed by atoms with Crippen LogP contribution < -0.4 is 10.1 Å². The number of rotatable bonds is 4. The van der Waals surface area contributed by atoms with Crippen molar-refractivity contribution in [1.82, 2.24) is 5.32 Å². The van der Waals surface area contributed by atoms with Gasteiger partial charge in [-0.15, -0.1) is 0 Å². The zero-order valence-electron chi connectivity index (χ0n) is 11.2. The Bertz CT molecular complexity index is 394. The van der Waals surface area contributed by atoms with E-state index < -0.39 is 0 Å². The molecule has 3 nitrogen and oxygen atoms in total. The number of hydrogen-bond acceptors (Lipinski definition) is 3. The van der Waals surface area contributed by atoms with Crippen molar-refractivity contribution in [3.05, 3.63) is 29.3 Å². The van der Waals surface area contributed by atoms with Gasteiger partial charge in [0, 0.05) is 5.56 Å². The van der Waals surface area contributed by atoms with Gasteiger partial charge in [-0.25, -0.2) is 0 Å². The van der Waals surface area contributed by atoms with E-state index in [-0.39, 0.29) is 11.5 Å². The molecule has 0 spiro atoms. The van der Waals surface area contributed by atoms with Crippen molar-refractivity contribution in [2.45, 2.75) is 32.2 Å². The number of carbonyl (C=O) groups excluding carboxylic acids is 1. The molecule has 0 aromatic heterocycles. The van der Waals surface area contributed by atoms with Crippen LogP contribution in [-0.2, 0) is 10.2 Å². The molecule has 0 aliphatic carbocycles. The zero-order chi connectivity index (χ0) is 13.1. The second kappa shape index (κ2) is 5.32. The molecule has 17 heavy (non-hydrogen) atoms. The molecule has 0 amide bonds. The molecular weight excluding hydrogens is 214 g/mol. The molecule has 0 heterocycles. The van der Waals surface area contributed by atoms with Gasteiger partial charge in [0.15, 0.2) is 0 Å². The molecule has 0 radical (unpaired) electrons. The second-order valence-electron chi connectivity index (χ2n) is 5.11. The fraction of sp³-hybridized carbons (Fsp3) is 0.500. The first-order chi connectivity index (χ1) is 7.93. The zero-order valence-corrected chi connectivity index (χ0v) is 11.2. The smallest absolute Gasteiger partial charge is 0.141 e. The molecule has 94 valence electrons. The van der Waals surface area contributed by atoms with Crippen molar-refractivity contribution in [2.75, 3.05) is 14.2 Å². The van der Waals surface area contributed by atoms with Crippen LogP contribution >= 0.6 is 0 Å². The van der Waals surface area contributed by atoms with Gasteiger partial charge >= 0.3 is 0 Å². The third-order valence-electron chi connectivity index (χ3n) is 2.88. The number of ether oxygens (including phenoxy) is 1. The summed E-state index contributed by atoms with van der Waals surface area (Å²) in [5, 5.41) is 2.97. The van der Waals surface area contributed by atoms with E-state index in [4.69, 9.17) is 4.74 Å². The lowest BCUT2D eigenvalue weighted by Crippen LogP contribution is -2.20. The van der Waals surface area contributed by atoms with E-state index >= 15 is 0 Å². The summed E-state index contributed by atoms with van der Waals surface area (Å²) in [6.45, 7) is 6.44. The molecule has 1 aromatic rings. The van der Waals surface area contributed by atoms with Gasteiger partial charge in [-0.2, -0.15) is 0 Å². The molecule has 0 saturated heterocycles.